The van der Waals surface area contributed by atoms with E-state index in [9.17, 15) is 8.42 Å². The summed E-state index contributed by atoms with van der Waals surface area (Å²) >= 11 is 0. The molecule has 0 aliphatic heterocycles. The summed E-state index contributed by atoms with van der Waals surface area (Å²) in [6.45, 7) is 2.87. The summed E-state index contributed by atoms with van der Waals surface area (Å²) in [4.78, 5) is 0.154. The Morgan fingerprint density at radius 2 is 2.11 bits per heavy atom. The van der Waals surface area contributed by atoms with Crippen LogP contribution >= 0.6 is 0 Å². The first kappa shape index (κ1) is 15.8. The maximum absolute atomic E-state index is 11.5. The number of rotatable bonds is 7. The molecule has 0 saturated heterocycles. The highest BCUT2D eigenvalue weighted by molar-refractivity contribution is 7.90. The molecule has 1 atom stereocenters. The van der Waals surface area contributed by atoms with Gasteiger partial charge in [-0.25, -0.2) is 8.42 Å². The average Bonchev–Trinajstić information content (AvgIpc) is 2.34. The molecule has 1 rings (SSSR count). The number of hydrogen-bond donors (Lipinski definition) is 3. The van der Waals surface area contributed by atoms with Gasteiger partial charge in [-0.15, -0.1) is 0 Å². The van der Waals surface area contributed by atoms with E-state index in [2.05, 4.69) is 5.32 Å². The van der Waals surface area contributed by atoms with Crippen LogP contribution in [0.25, 0.3) is 0 Å². The lowest BCUT2D eigenvalue weighted by Gasteiger charge is -2.13. The lowest BCUT2D eigenvalue weighted by molar-refractivity contribution is 0.229. The molecular weight excluding hydrogens is 264 g/mol. The van der Waals surface area contributed by atoms with Crippen LogP contribution in [0.15, 0.2) is 23.1 Å². The minimum Gasteiger partial charge on any atom is -0.396 e. The largest absolute Gasteiger partial charge is 0.396 e. The molecule has 0 bridgehead atoms. The zero-order valence-corrected chi connectivity index (χ0v) is 12.2. The van der Waals surface area contributed by atoms with Gasteiger partial charge < -0.3 is 16.2 Å². The van der Waals surface area contributed by atoms with Crippen molar-refractivity contribution in [2.75, 3.05) is 30.5 Å². The Balaban J connectivity index is 2.65. The van der Waals surface area contributed by atoms with Crippen LogP contribution in [0.4, 0.5) is 11.4 Å². The molecule has 5 nitrogen and oxygen atoms in total. The highest BCUT2D eigenvalue weighted by Crippen LogP contribution is 2.26. The monoisotopic (exact) mass is 286 g/mol. The van der Waals surface area contributed by atoms with Gasteiger partial charge in [0.05, 0.1) is 16.3 Å². The summed E-state index contributed by atoms with van der Waals surface area (Å²) in [5.74, 6) is 0.279. The second kappa shape index (κ2) is 6.77. The van der Waals surface area contributed by atoms with Crippen molar-refractivity contribution in [3.8, 4) is 0 Å². The molecule has 0 aliphatic carbocycles. The molecule has 0 amide bonds. The van der Waals surface area contributed by atoms with Crippen LogP contribution in [0.3, 0.4) is 0 Å². The second-order valence-corrected chi connectivity index (χ2v) is 6.83. The van der Waals surface area contributed by atoms with E-state index >= 15 is 0 Å². The number of hydrogen-bond acceptors (Lipinski definition) is 5. The van der Waals surface area contributed by atoms with Gasteiger partial charge in [0.25, 0.3) is 0 Å². The van der Waals surface area contributed by atoms with E-state index in [0.717, 1.165) is 19.1 Å². The van der Waals surface area contributed by atoms with E-state index in [1.54, 1.807) is 12.1 Å². The maximum atomic E-state index is 11.5. The maximum Gasteiger partial charge on any atom is 0.177 e. The summed E-state index contributed by atoms with van der Waals surface area (Å²) in [6.07, 6.45) is 2.95. The van der Waals surface area contributed by atoms with Gasteiger partial charge in [-0.05, 0) is 30.9 Å². The van der Waals surface area contributed by atoms with E-state index in [1.165, 1.54) is 6.07 Å². The van der Waals surface area contributed by atoms with Gasteiger partial charge in [0, 0.05) is 19.4 Å². The number of aliphatic hydroxyl groups excluding tert-OH is 1. The summed E-state index contributed by atoms with van der Waals surface area (Å²) in [5, 5.41) is 12.0. The standard InChI is InChI=1S/C13H22N2O3S/c1-10(9-16)5-4-8-15-11-6-3-7-12(13(11)14)19(2,17)18/h3,6-7,10,15-16H,4-5,8-9,14H2,1-2H3. The fraction of sp³-hybridized carbons (Fsp3) is 0.538. The van der Waals surface area contributed by atoms with Crippen molar-refractivity contribution in [2.24, 2.45) is 5.92 Å². The summed E-state index contributed by atoms with van der Waals surface area (Å²) in [5.41, 5.74) is 6.76. The lowest BCUT2D eigenvalue weighted by atomic mass is 10.1. The lowest BCUT2D eigenvalue weighted by Crippen LogP contribution is -2.10. The zero-order valence-electron chi connectivity index (χ0n) is 11.4. The van der Waals surface area contributed by atoms with Crippen LogP contribution in [-0.4, -0.2) is 32.9 Å². The van der Waals surface area contributed by atoms with E-state index in [1.807, 2.05) is 6.92 Å². The first-order chi connectivity index (χ1) is 8.86. The number of sulfone groups is 1. The fourth-order valence-electron chi connectivity index (χ4n) is 1.79. The summed E-state index contributed by atoms with van der Waals surface area (Å²) < 4.78 is 23.1. The smallest absolute Gasteiger partial charge is 0.177 e. The summed E-state index contributed by atoms with van der Waals surface area (Å²) in [7, 11) is -3.30. The van der Waals surface area contributed by atoms with Crippen molar-refractivity contribution in [1.82, 2.24) is 0 Å². The Morgan fingerprint density at radius 1 is 1.42 bits per heavy atom. The van der Waals surface area contributed by atoms with Gasteiger partial charge in [-0.2, -0.15) is 0 Å². The van der Waals surface area contributed by atoms with Gasteiger partial charge >= 0.3 is 0 Å². The van der Waals surface area contributed by atoms with E-state index < -0.39 is 9.84 Å². The molecule has 19 heavy (non-hydrogen) atoms. The Bertz CT molecular complexity index is 515. The Labute approximate surface area is 114 Å². The van der Waals surface area contributed by atoms with Gasteiger partial charge in [-0.3, -0.25) is 0 Å². The molecule has 6 heteroatoms. The molecule has 0 aliphatic rings. The molecular formula is C13H22N2O3S. The molecule has 0 fully saturated rings. The highest BCUT2D eigenvalue weighted by atomic mass is 32.2. The SMILES string of the molecule is CC(CO)CCCNc1cccc(S(C)(=O)=O)c1N. The molecule has 1 unspecified atom stereocenters. The van der Waals surface area contributed by atoms with E-state index in [-0.39, 0.29) is 23.1 Å². The number of aliphatic hydroxyl groups is 1. The van der Waals surface area contributed by atoms with Crippen molar-refractivity contribution in [3.63, 3.8) is 0 Å². The number of nitrogens with one attached hydrogen (secondary N) is 1. The third kappa shape index (κ3) is 4.72. The van der Waals surface area contributed by atoms with Crippen molar-refractivity contribution in [1.29, 1.82) is 0 Å². The van der Waals surface area contributed by atoms with Crippen LogP contribution in [0.5, 0.6) is 0 Å². The first-order valence-electron chi connectivity index (χ1n) is 6.29. The van der Waals surface area contributed by atoms with Gasteiger partial charge in [0.1, 0.15) is 0 Å². The molecule has 0 radical (unpaired) electrons. The van der Waals surface area contributed by atoms with Crippen LogP contribution in [0.1, 0.15) is 19.8 Å². The number of nitrogen functional groups attached to an aromatic ring is 1. The van der Waals surface area contributed by atoms with Crippen LogP contribution in [0, 0.1) is 5.92 Å². The fourth-order valence-corrected chi connectivity index (χ4v) is 2.62. The molecule has 0 heterocycles. The minimum atomic E-state index is -3.30. The van der Waals surface area contributed by atoms with Crippen LogP contribution in [-0.2, 0) is 9.84 Å². The second-order valence-electron chi connectivity index (χ2n) is 4.85. The van der Waals surface area contributed by atoms with Crippen molar-refractivity contribution < 1.29 is 13.5 Å². The molecule has 0 saturated carbocycles. The Kier molecular flexibility index (Phi) is 5.62. The van der Waals surface area contributed by atoms with Gasteiger partial charge in [0.2, 0.25) is 0 Å². The molecule has 4 N–H and O–H groups in total. The third-order valence-corrected chi connectivity index (χ3v) is 4.12. The van der Waals surface area contributed by atoms with Gasteiger partial charge in [0.15, 0.2) is 9.84 Å². The normalized spacial score (nSPS) is 13.2. The van der Waals surface area contributed by atoms with Crippen molar-refractivity contribution in [2.45, 2.75) is 24.7 Å². The molecule has 1 aromatic carbocycles. The average molecular weight is 286 g/mol. The van der Waals surface area contributed by atoms with E-state index in [4.69, 9.17) is 10.8 Å². The molecule has 1 aromatic rings. The number of anilines is 2. The minimum absolute atomic E-state index is 0.154. The molecule has 0 spiro atoms. The number of benzene rings is 1. The topological polar surface area (TPSA) is 92.4 Å². The zero-order chi connectivity index (χ0) is 14.5. The van der Waals surface area contributed by atoms with Gasteiger partial charge in [-0.1, -0.05) is 13.0 Å². The van der Waals surface area contributed by atoms with E-state index in [0.29, 0.717) is 12.2 Å². The number of nitrogens with two attached hydrogens (primary N) is 1. The quantitative estimate of drug-likeness (QED) is 0.522. The third-order valence-electron chi connectivity index (χ3n) is 2.97. The van der Waals surface area contributed by atoms with Crippen LogP contribution in [0.2, 0.25) is 0 Å². The highest BCUT2D eigenvalue weighted by Gasteiger charge is 2.13. The molecule has 108 valence electrons. The predicted molar refractivity (Wildman–Crippen MR) is 77.9 cm³/mol. The van der Waals surface area contributed by atoms with Crippen molar-refractivity contribution in [3.05, 3.63) is 18.2 Å². The first-order valence-corrected chi connectivity index (χ1v) is 8.18. The Morgan fingerprint density at radius 3 is 2.68 bits per heavy atom. The number of para-hydroxylation sites is 1. The summed E-state index contributed by atoms with van der Waals surface area (Å²) in [6, 6.07) is 4.94. The van der Waals surface area contributed by atoms with Crippen LogP contribution < -0.4 is 11.1 Å². The molecule has 0 aromatic heterocycles. The van der Waals surface area contributed by atoms with Crippen molar-refractivity contribution >= 4 is 21.2 Å². The Hall–Kier alpha value is -1.27. The predicted octanol–water partition coefficient (Wildman–Crippen LogP) is 1.49.